The highest BCUT2D eigenvalue weighted by molar-refractivity contribution is 5.86. The third kappa shape index (κ3) is 4.64. The smallest absolute Gasteiger partial charge is 0.240 e. The molecule has 0 saturated carbocycles. The number of hydrogen-bond donors (Lipinski definition) is 2. The van der Waals surface area contributed by atoms with Crippen molar-refractivity contribution in [2.75, 3.05) is 13.2 Å². The normalized spacial score (nSPS) is 20.9. The molecule has 1 aliphatic rings. The molecule has 1 amide bonds. The van der Waals surface area contributed by atoms with Crippen molar-refractivity contribution in [3.63, 3.8) is 0 Å². The molecule has 0 aromatic heterocycles. The van der Waals surface area contributed by atoms with Gasteiger partial charge < -0.3 is 15.8 Å². The van der Waals surface area contributed by atoms with E-state index < -0.39 is 5.54 Å². The topological polar surface area (TPSA) is 64.4 Å². The first-order valence-electron chi connectivity index (χ1n) is 6.76. The van der Waals surface area contributed by atoms with Crippen LogP contribution in [0.4, 0.5) is 0 Å². The third-order valence-electron chi connectivity index (χ3n) is 3.46. The van der Waals surface area contributed by atoms with Crippen LogP contribution >= 0.6 is 0 Å². The van der Waals surface area contributed by atoms with Crippen LogP contribution in [0.5, 0.6) is 0 Å². The van der Waals surface area contributed by atoms with Crippen LogP contribution in [0.3, 0.4) is 0 Å². The summed E-state index contributed by atoms with van der Waals surface area (Å²) in [7, 11) is 0. The van der Waals surface area contributed by atoms with Gasteiger partial charge in [0.05, 0.1) is 5.54 Å². The van der Waals surface area contributed by atoms with E-state index in [1.807, 2.05) is 0 Å². The van der Waals surface area contributed by atoms with E-state index in [1.165, 1.54) is 19.3 Å². The average molecular weight is 242 g/mol. The van der Waals surface area contributed by atoms with E-state index >= 15 is 0 Å². The van der Waals surface area contributed by atoms with Crippen LogP contribution < -0.4 is 11.1 Å². The molecule has 0 aromatic rings. The minimum atomic E-state index is -0.711. The maximum Gasteiger partial charge on any atom is 0.240 e. The van der Waals surface area contributed by atoms with Gasteiger partial charge in [0.1, 0.15) is 0 Å². The molecule has 4 nitrogen and oxygen atoms in total. The molecule has 1 heterocycles. The van der Waals surface area contributed by atoms with Crippen LogP contribution in [0.2, 0.25) is 0 Å². The maximum absolute atomic E-state index is 12.1. The molecule has 1 aliphatic heterocycles. The Kier molecular flexibility index (Phi) is 5.92. The SMILES string of the molecule is CCCCCC(C)NC(=O)C1(N)CCOCC1. The fourth-order valence-electron chi connectivity index (χ4n) is 2.10. The van der Waals surface area contributed by atoms with Crippen molar-refractivity contribution in [2.45, 2.75) is 64.0 Å². The minimum absolute atomic E-state index is 0.00945. The van der Waals surface area contributed by atoms with Gasteiger partial charge in [-0.15, -0.1) is 0 Å². The Morgan fingerprint density at radius 3 is 2.65 bits per heavy atom. The summed E-state index contributed by atoms with van der Waals surface area (Å²) in [4.78, 5) is 12.1. The van der Waals surface area contributed by atoms with Gasteiger partial charge in [-0.25, -0.2) is 0 Å². The summed E-state index contributed by atoms with van der Waals surface area (Å²) >= 11 is 0. The first-order valence-corrected chi connectivity index (χ1v) is 6.76. The van der Waals surface area contributed by atoms with Crippen LogP contribution in [0, 0.1) is 0 Å². The first kappa shape index (κ1) is 14.5. The maximum atomic E-state index is 12.1. The van der Waals surface area contributed by atoms with Gasteiger partial charge >= 0.3 is 0 Å². The second-order valence-corrected chi connectivity index (χ2v) is 5.14. The standard InChI is InChI=1S/C13H26N2O2/c1-3-4-5-6-11(2)15-12(16)13(14)7-9-17-10-8-13/h11H,3-10,14H2,1-2H3,(H,15,16). The zero-order chi connectivity index (χ0) is 12.7. The molecular formula is C13H26N2O2. The third-order valence-corrected chi connectivity index (χ3v) is 3.46. The molecule has 1 unspecified atom stereocenters. The molecular weight excluding hydrogens is 216 g/mol. The second kappa shape index (κ2) is 6.97. The Labute approximate surface area is 104 Å². The zero-order valence-corrected chi connectivity index (χ0v) is 11.1. The van der Waals surface area contributed by atoms with E-state index in [0.717, 1.165) is 6.42 Å². The van der Waals surface area contributed by atoms with Crippen molar-refractivity contribution in [1.82, 2.24) is 5.32 Å². The van der Waals surface area contributed by atoms with Crippen LogP contribution in [0.25, 0.3) is 0 Å². The monoisotopic (exact) mass is 242 g/mol. The van der Waals surface area contributed by atoms with Crippen molar-refractivity contribution in [1.29, 1.82) is 0 Å². The number of amides is 1. The lowest BCUT2D eigenvalue weighted by Gasteiger charge is -2.33. The minimum Gasteiger partial charge on any atom is -0.381 e. The van der Waals surface area contributed by atoms with Crippen molar-refractivity contribution in [3.05, 3.63) is 0 Å². The summed E-state index contributed by atoms with van der Waals surface area (Å²) in [6.07, 6.45) is 5.88. The quantitative estimate of drug-likeness (QED) is 0.695. The molecule has 4 heteroatoms. The molecule has 0 spiro atoms. The van der Waals surface area contributed by atoms with Gasteiger partial charge in [0.2, 0.25) is 5.91 Å². The van der Waals surface area contributed by atoms with Crippen LogP contribution in [-0.4, -0.2) is 30.7 Å². The summed E-state index contributed by atoms with van der Waals surface area (Å²) in [5, 5.41) is 3.03. The summed E-state index contributed by atoms with van der Waals surface area (Å²) < 4.78 is 5.24. The van der Waals surface area contributed by atoms with Gasteiger partial charge in [0, 0.05) is 19.3 Å². The zero-order valence-electron chi connectivity index (χ0n) is 11.1. The molecule has 0 bridgehead atoms. The van der Waals surface area contributed by atoms with Crippen molar-refractivity contribution >= 4 is 5.91 Å². The molecule has 1 atom stereocenters. The molecule has 0 aromatic carbocycles. The predicted octanol–water partition coefficient (Wildman–Crippen LogP) is 1.58. The number of ether oxygens (including phenoxy) is 1. The van der Waals surface area contributed by atoms with Gasteiger partial charge in [-0.3, -0.25) is 4.79 Å². The van der Waals surface area contributed by atoms with E-state index in [-0.39, 0.29) is 11.9 Å². The molecule has 1 saturated heterocycles. The molecule has 0 radical (unpaired) electrons. The van der Waals surface area contributed by atoms with E-state index in [0.29, 0.717) is 26.1 Å². The fourth-order valence-corrected chi connectivity index (χ4v) is 2.10. The number of nitrogens with one attached hydrogen (secondary N) is 1. The fraction of sp³-hybridized carbons (Fsp3) is 0.923. The lowest BCUT2D eigenvalue weighted by Crippen LogP contribution is -2.58. The van der Waals surface area contributed by atoms with Crippen LogP contribution in [0.15, 0.2) is 0 Å². The largest absolute Gasteiger partial charge is 0.381 e. The first-order chi connectivity index (χ1) is 8.08. The van der Waals surface area contributed by atoms with Crippen molar-refractivity contribution in [2.24, 2.45) is 5.73 Å². The van der Waals surface area contributed by atoms with Crippen LogP contribution in [-0.2, 0) is 9.53 Å². The average Bonchev–Trinajstić information content (AvgIpc) is 2.30. The van der Waals surface area contributed by atoms with Gasteiger partial charge in [-0.1, -0.05) is 26.2 Å². The van der Waals surface area contributed by atoms with E-state index in [1.54, 1.807) is 0 Å². The number of unbranched alkanes of at least 4 members (excludes halogenated alkanes) is 2. The Bertz CT molecular complexity index is 238. The highest BCUT2D eigenvalue weighted by atomic mass is 16.5. The molecule has 17 heavy (non-hydrogen) atoms. The van der Waals surface area contributed by atoms with Gasteiger partial charge in [-0.2, -0.15) is 0 Å². The molecule has 100 valence electrons. The summed E-state index contributed by atoms with van der Waals surface area (Å²) in [5.41, 5.74) is 5.40. The van der Waals surface area contributed by atoms with Crippen LogP contribution in [0.1, 0.15) is 52.4 Å². The van der Waals surface area contributed by atoms with E-state index in [9.17, 15) is 4.79 Å². The number of hydrogen-bond acceptors (Lipinski definition) is 3. The molecule has 3 N–H and O–H groups in total. The number of carbonyl (C=O) groups excluding carboxylic acids is 1. The Morgan fingerprint density at radius 1 is 1.41 bits per heavy atom. The highest BCUT2D eigenvalue weighted by Gasteiger charge is 2.36. The number of rotatable bonds is 6. The van der Waals surface area contributed by atoms with E-state index in [2.05, 4.69) is 19.2 Å². The van der Waals surface area contributed by atoms with Gasteiger partial charge in [-0.05, 0) is 26.2 Å². The summed E-state index contributed by atoms with van der Waals surface area (Å²) in [6, 6.07) is 0.220. The van der Waals surface area contributed by atoms with Gasteiger partial charge in [0.25, 0.3) is 0 Å². The number of nitrogens with two attached hydrogens (primary N) is 1. The van der Waals surface area contributed by atoms with Crippen molar-refractivity contribution in [3.8, 4) is 0 Å². The second-order valence-electron chi connectivity index (χ2n) is 5.14. The van der Waals surface area contributed by atoms with Crippen molar-refractivity contribution < 1.29 is 9.53 Å². The van der Waals surface area contributed by atoms with E-state index in [4.69, 9.17) is 10.5 Å². The molecule has 1 rings (SSSR count). The lowest BCUT2D eigenvalue weighted by atomic mass is 9.90. The highest BCUT2D eigenvalue weighted by Crippen LogP contribution is 2.18. The lowest BCUT2D eigenvalue weighted by molar-refractivity contribution is -0.130. The Morgan fingerprint density at radius 2 is 2.06 bits per heavy atom. The summed E-state index contributed by atoms with van der Waals surface area (Å²) in [6.45, 7) is 5.42. The van der Waals surface area contributed by atoms with Gasteiger partial charge in [0.15, 0.2) is 0 Å². The Balaban J connectivity index is 2.31. The number of carbonyl (C=O) groups is 1. The predicted molar refractivity (Wildman–Crippen MR) is 68.7 cm³/mol. The Hall–Kier alpha value is -0.610. The molecule has 1 fully saturated rings. The summed E-state index contributed by atoms with van der Waals surface area (Å²) in [5.74, 6) is -0.00945. The molecule has 0 aliphatic carbocycles.